The van der Waals surface area contributed by atoms with Gasteiger partial charge in [-0.1, -0.05) is 109 Å². The molecule has 5 heteroatoms. The maximum absolute atomic E-state index is 14.2. The highest BCUT2D eigenvalue weighted by Crippen LogP contribution is 2.56. The molecule has 0 spiro atoms. The van der Waals surface area contributed by atoms with Crippen LogP contribution in [0.5, 0.6) is 0 Å². The Balaban J connectivity index is 1.61. The lowest BCUT2D eigenvalue weighted by molar-refractivity contribution is -0.138. The molecule has 5 nitrogen and oxygen atoms in total. The van der Waals surface area contributed by atoms with Crippen molar-refractivity contribution in [2.45, 2.75) is 12.1 Å². The molecule has 36 heavy (non-hydrogen) atoms. The van der Waals surface area contributed by atoms with E-state index in [9.17, 15) is 14.4 Å². The largest absolute Gasteiger partial charge is 0.323 e. The maximum Gasteiger partial charge on any atom is 0.247 e. The van der Waals surface area contributed by atoms with Crippen LogP contribution in [-0.2, 0) is 26.5 Å². The number of para-hydroxylation sites is 1. The molecule has 0 saturated carbocycles. The van der Waals surface area contributed by atoms with Crippen molar-refractivity contribution in [1.82, 2.24) is 4.90 Å². The van der Waals surface area contributed by atoms with Crippen molar-refractivity contribution in [2.24, 2.45) is 11.8 Å². The van der Waals surface area contributed by atoms with Crippen molar-refractivity contribution in [2.75, 3.05) is 4.90 Å². The van der Waals surface area contributed by atoms with Crippen LogP contribution in [0.3, 0.4) is 0 Å². The van der Waals surface area contributed by atoms with Crippen molar-refractivity contribution in [3.63, 3.8) is 0 Å². The van der Waals surface area contributed by atoms with Crippen molar-refractivity contribution >= 4 is 23.4 Å². The maximum atomic E-state index is 14.2. The molecule has 2 saturated heterocycles. The summed E-state index contributed by atoms with van der Waals surface area (Å²) in [6, 6.07) is 37.8. The van der Waals surface area contributed by atoms with Gasteiger partial charge in [-0.05, 0) is 28.8 Å². The molecule has 0 N–H and O–H groups in total. The molecule has 176 valence electrons. The summed E-state index contributed by atoms with van der Waals surface area (Å²) in [6.45, 7) is 0.280. The summed E-state index contributed by atoms with van der Waals surface area (Å²) < 4.78 is 0. The van der Waals surface area contributed by atoms with Crippen LogP contribution in [0, 0.1) is 11.8 Å². The van der Waals surface area contributed by atoms with Crippen LogP contribution in [0.4, 0.5) is 5.69 Å². The lowest BCUT2D eigenvalue weighted by Gasteiger charge is -2.43. The van der Waals surface area contributed by atoms with Gasteiger partial charge in [0.05, 0.1) is 11.6 Å². The van der Waals surface area contributed by atoms with Gasteiger partial charge in [-0.25, -0.2) is 4.90 Å². The summed E-state index contributed by atoms with van der Waals surface area (Å²) in [6.07, 6.45) is 0. The van der Waals surface area contributed by atoms with Crippen LogP contribution >= 0.6 is 0 Å². The van der Waals surface area contributed by atoms with E-state index in [-0.39, 0.29) is 18.4 Å². The highest BCUT2D eigenvalue weighted by atomic mass is 16.2. The molecule has 4 aromatic rings. The van der Waals surface area contributed by atoms with Crippen LogP contribution in [0.15, 0.2) is 121 Å². The molecule has 0 radical (unpaired) electrons. The molecule has 2 fully saturated rings. The quantitative estimate of drug-likeness (QED) is 0.310. The highest BCUT2D eigenvalue weighted by molar-refractivity contribution is 6.29. The van der Waals surface area contributed by atoms with E-state index in [0.29, 0.717) is 5.69 Å². The molecule has 2 aliphatic heterocycles. The van der Waals surface area contributed by atoms with Crippen molar-refractivity contribution in [1.29, 1.82) is 0 Å². The molecule has 2 aliphatic rings. The molecule has 0 bridgehead atoms. The van der Waals surface area contributed by atoms with E-state index < -0.39 is 23.3 Å². The van der Waals surface area contributed by atoms with Crippen LogP contribution < -0.4 is 4.90 Å². The molecule has 0 aromatic heterocycles. The molecule has 6 rings (SSSR count). The zero-order chi connectivity index (χ0) is 24.7. The molecule has 2 atom stereocenters. The Labute approximate surface area is 209 Å². The second-order valence-electron chi connectivity index (χ2n) is 9.21. The number of anilines is 1. The van der Waals surface area contributed by atoms with Crippen LogP contribution in [0.25, 0.3) is 0 Å². The van der Waals surface area contributed by atoms with E-state index >= 15 is 0 Å². The Kier molecular flexibility index (Phi) is 5.26. The second kappa shape index (κ2) is 8.61. The van der Waals surface area contributed by atoms with Crippen molar-refractivity contribution in [3.05, 3.63) is 138 Å². The number of hydrogen-bond donors (Lipinski definition) is 0. The smallest absolute Gasteiger partial charge is 0.247 e. The summed E-state index contributed by atoms with van der Waals surface area (Å²) in [5.41, 5.74) is 1.89. The van der Waals surface area contributed by atoms with E-state index in [1.54, 1.807) is 29.2 Å². The SMILES string of the molecule is O=C1[C@@H]2C(=O)N(Cc3ccccc3)C(c3ccccc3)(c3ccccc3)[C@@H]2C(=O)N1c1ccccc1. The first kappa shape index (κ1) is 22.0. The zero-order valence-corrected chi connectivity index (χ0v) is 19.5. The molecule has 2 heterocycles. The topological polar surface area (TPSA) is 57.7 Å². The number of fused-ring (bicyclic) bond motifs is 1. The number of benzene rings is 4. The monoisotopic (exact) mass is 472 g/mol. The van der Waals surface area contributed by atoms with Gasteiger partial charge in [-0.3, -0.25) is 14.4 Å². The molecular formula is C31H24N2O3. The fourth-order valence-electron chi connectivity index (χ4n) is 5.87. The molecule has 3 amide bonds. The number of carbonyl (C=O) groups is 3. The van der Waals surface area contributed by atoms with Gasteiger partial charge in [-0.2, -0.15) is 0 Å². The normalized spacial score (nSPS) is 20.6. The van der Waals surface area contributed by atoms with Gasteiger partial charge in [0.25, 0.3) is 0 Å². The lowest BCUT2D eigenvalue weighted by Crippen LogP contribution is -2.51. The van der Waals surface area contributed by atoms with E-state index in [0.717, 1.165) is 16.7 Å². The fraction of sp³-hybridized carbons (Fsp3) is 0.129. The fourth-order valence-corrected chi connectivity index (χ4v) is 5.87. The minimum Gasteiger partial charge on any atom is -0.323 e. The predicted molar refractivity (Wildman–Crippen MR) is 137 cm³/mol. The van der Waals surface area contributed by atoms with Gasteiger partial charge < -0.3 is 4.90 Å². The number of likely N-dealkylation sites (tertiary alicyclic amines) is 1. The molecule has 4 aromatic carbocycles. The number of hydrogen-bond acceptors (Lipinski definition) is 3. The third kappa shape index (κ3) is 3.13. The Morgan fingerprint density at radius 1 is 0.556 bits per heavy atom. The highest BCUT2D eigenvalue weighted by Gasteiger charge is 2.70. The Morgan fingerprint density at radius 3 is 1.56 bits per heavy atom. The predicted octanol–water partition coefficient (Wildman–Crippen LogP) is 4.78. The summed E-state index contributed by atoms with van der Waals surface area (Å²) in [7, 11) is 0. The molecular weight excluding hydrogens is 448 g/mol. The third-order valence-corrected chi connectivity index (χ3v) is 7.34. The second-order valence-corrected chi connectivity index (χ2v) is 9.21. The van der Waals surface area contributed by atoms with Gasteiger partial charge in [0.2, 0.25) is 17.7 Å². The van der Waals surface area contributed by atoms with Gasteiger partial charge in [0.1, 0.15) is 11.5 Å². The molecule has 0 unspecified atom stereocenters. The van der Waals surface area contributed by atoms with E-state index in [1.165, 1.54) is 4.90 Å². The number of rotatable bonds is 5. The summed E-state index contributed by atoms with van der Waals surface area (Å²) in [5, 5.41) is 0. The average Bonchev–Trinajstić information content (AvgIpc) is 3.35. The minimum atomic E-state index is -1.14. The first-order chi connectivity index (χ1) is 17.6. The Hall–Kier alpha value is -4.51. The first-order valence-electron chi connectivity index (χ1n) is 12.0. The van der Waals surface area contributed by atoms with Crippen LogP contribution in [-0.4, -0.2) is 22.6 Å². The van der Waals surface area contributed by atoms with Gasteiger partial charge in [0.15, 0.2) is 0 Å². The van der Waals surface area contributed by atoms with E-state index in [4.69, 9.17) is 0 Å². The molecule has 0 aliphatic carbocycles. The number of amides is 3. The summed E-state index contributed by atoms with van der Waals surface area (Å²) in [4.78, 5) is 45.2. The standard InChI is InChI=1S/C31H24N2O3/c34-28-26-27(30(36)33(29(26)35)25-19-11-4-12-20-25)31(23-15-7-2-8-16-23,24-17-9-3-10-18-24)32(28)21-22-13-5-1-6-14-22/h1-20,26-27H,21H2/t26-,27-/m0/s1. The van der Waals surface area contributed by atoms with Gasteiger partial charge in [-0.15, -0.1) is 0 Å². The number of carbonyl (C=O) groups excluding carboxylic acids is 3. The van der Waals surface area contributed by atoms with Gasteiger partial charge in [0, 0.05) is 6.54 Å². The van der Waals surface area contributed by atoms with Crippen molar-refractivity contribution in [3.8, 4) is 0 Å². The third-order valence-electron chi connectivity index (χ3n) is 7.34. The van der Waals surface area contributed by atoms with Gasteiger partial charge >= 0.3 is 0 Å². The van der Waals surface area contributed by atoms with Crippen LogP contribution in [0.2, 0.25) is 0 Å². The zero-order valence-electron chi connectivity index (χ0n) is 19.5. The lowest BCUT2D eigenvalue weighted by atomic mass is 9.71. The van der Waals surface area contributed by atoms with E-state index in [1.807, 2.05) is 97.1 Å². The summed E-state index contributed by atoms with van der Waals surface area (Å²) >= 11 is 0. The Bertz CT molecular complexity index is 1380. The van der Waals surface area contributed by atoms with Crippen LogP contribution in [0.1, 0.15) is 16.7 Å². The average molecular weight is 473 g/mol. The van der Waals surface area contributed by atoms with Crippen molar-refractivity contribution < 1.29 is 14.4 Å². The minimum absolute atomic E-state index is 0.280. The van der Waals surface area contributed by atoms with E-state index in [2.05, 4.69) is 0 Å². The number of nitrogens with zero attached hydrogens (tertiary/aromatic N) is 2. The summed E-state index contributed by atoms with van der Waals surface area (Å²) in [5.74, 6) is -3.14. The Morgan fingerprint density at radius 2 is 1.03 bits per heavy atom. The number of imide groups is 1. The first-order valence-corrected chi connectivity index (χ1v) is 12.0.